The summed E-state index contributed by atoms with van der Waals surface area (Å²) in [5, 5.41) is 2.53. The van der Waals surface area contributed by atoms with Gasteiger partial charge in [-0.25, -0.2) is 0 Å². The van der Waals surface area contributed by atoms with Crippen LogP contribution in [0.3, 0.4) is 0 Å². The van der Waals surface area contributed by atoms with Gasteiger partial charge in [0.25, 0.3) is 0 Å². The van der Waals surface area contributed by atoms with E-state index in [2.05, 4.69) is 42.5 Å². The van der Waals surface area contributed by atoms with Gasteiger partial charge in [-0.2, -0.15) is 0 Å². The average molecular weight is 379 g/mol. The maximum atomic E-state index is 13.2. The molecule has 2 aliphatic rings. The van der Waals surface area contributed by atoms with Crippen LogP contribution in [-0.4, -0.2) is 12.5 Å². The second-order valence-electron chi connectivity index (χ2n) is 7.46. The van der Waals surface area contributed by atoms with Gasteiger partial charge in [0.2, 0.25) is 5.91 Å². The van der Waals surface area contributed by atoms with Crippen molar-refractivity contribution >= 4 is 40.5 Å². The Morgan fingerprint density at radius 2 is 1.78 bits per heavy atom. The highest BCUT2D eigenvalue weighted by molar-refractivity contribution is 6.00. The Balaban J connectivity index is 0.00000180. The van der Waals surface area contributed by atoms with Crippen molar-refractivity contribution in [3.63, 3.8) is 0 Å². The molecule has 0 aromatic heterocycles. The number of nitrogens with two attached hydrogens (primary N) is 1. The predicted octanol–water partition coefficient (Wildman–Crippen LogP) is 4.93. The molecule has 3 aromatic carbocycles. The normalized spacial score (nSPS) is 20.7. The Morgan fingerprint density at radius 1 is 1.00 bits per heavy atom. The number of hydrogen-bond acceptors (Lipinski definition) is 2. The number of hydrogen-bond donors (Lipinski definition) is 1. The Bertz CT molecular complexity index is 1010. The third-order valence-corrected chi connectivity index (χ3v) is 5.88. The number of rotatable bonds is 2. The molecule has 0 spiro atoms. The molecular weight excluding hydrogens is 356 g/mol. The average Bonchev–Trinajstić information content (AvgIpc) is 3.48. The number of carbonyl (C=O) groups excluding carboxylic acids is 1. The van der Waals surface area contributed by atoms with Crippen LogP contribution in [0, 0.1) is 5.92 Å². The number of halogens is 1. The first-order valence-corrected chi connectivity index (χ1v) is 9.40. The number of nitrogens with zero attached hydrogens (tertiary/aromatic N) is 1. The van der Waals surface area contributed by atoms with Gasteiger partial charge in [0, 0.05) is 23.8 Å². The van der Waals surface area contributed by atoms with Gasteiger partial charge in [-0.1, -0.05) is 48.5 Å². The molecule has 0 bridgehead atoms. The van der Waals surface area contributed by atoms with Crippen molar-refractivity contribution in [2.45, 2.75) is 25.2 Å². The van der Waals surface area contributed by atoms with Crippen molar-refractivity contribution in [2.75, 3.05) is 17.2 Å². The minimum Gasteiger partial charge on any atom is -0.398 e. The van der Waals surface area contributed by atoms with Gasteiger partial charge in [0.1, 0.15) is 0 Å². The van der Waals surface area contributed by atoms with Crippen molar-refractivity contribution in [3.05, 3.63) is 71.8 Å². The monoisotopic (exact) mass is 378 g/mol. The Morgan fingerprint density at radius 3 is 2.67 bits per heavy atom. The molecule has 2 unspecified atom stereocenters. The van der Waals surface area contributed by atoms with E-state index in [9.17, 15) is 4.79 Å². The Hall–Kier alpha value is -2.52. The van der Waals surface area contributed by atoms with Crippen LogP contribution in [0.1, 0.15) is 29.9 Å². The molecule has 1 heterocycles. The second-order valence-corrected chi connectivity index (χ2v) is 7.46. The zero-order valence-corrected chi connectivity index (χ0v) is 15.9. The van der Waals surface area contributed by atoms with Gasteiger partial charge in [-0.05, 0) is 59.2 Å². The van der Waals surface area contributed by atoms with Crippen molar-refractivity contribution in [1.82, 2.24) is 0 Å². The van der Waals surface area contributed by atoms with E-state index in [0.29, 0.717) is 5.92 Å². The summed E-state index contributed by atoms with van der Waals surface area (Å²) < 4.78 is 0. The van der Waals surface area contributed by atoms with Crippen molar-refractivity contribution in [3.8, 4) is 0 Å². The lowest BCUT2D eigenvalue weighted by molar-refractivity contribution is -0.120. The lowest BCUT2D eigenvalue weighted by atomic mass is 9.98. The van der Waals surface area contributed by atoms with Crippen LogP contribution in [0.4, 0.5) is 11.4 Å². The lowest BCUT2D eigenvalue weighted by Crippen LogP contribution is -2.37. The summed E-state index contributed by atoms with van der Waals surface area (Å²) in [5.41, 5.74) is 10.4. The van der Waals surface area contributed by atoms with E-state index >= 15 is 0 Å². The van der Waals surface area contributed by atoms with Crippen molar-refractivity contribution in [2.24, 2.45) is 5.92 Å². The van der Waals surface area contributed by atoms with Crippen LogP contribution >= 0.6 is 12.4 Å². The van der Waals surface area contributed by atoms with Crippen LogP contribution in [0.2, 0.25) is 0 Å². The van der Waals surface area contributed by atoms with Crippen LogP contribution in [0.25, 0.3) is 10.8 Å². The molecule has 27 heavy (non-hydrogen) atoms. The van der Waals surface area contributed by atoms with E-state index in [4.69, 9.17) is 5.73 Å². The molecule has 3 nitrogen and oxygen atoms in total. The number of benzene rings is 3. The van der Waals surface area contributed by atoms with Gasteiger partial charge < -0.3 is 10.6 Å². The van der Waals surface area contributed by atoms with Crippen molar-refractivity contribution in [1.29, 1.82) is 0 Å². The fourth-order valence-electron chi connectivity index (χ4n) is 4.47. The first-order chi connectivity index (χ1) is 12.7. The molecule has 1 saturated carbocycles. The summed E-state index contributed by atoms with van der Waals surface area (Å²) in [6.07, 6.45) is 2.89. The van der Waals surface area contributed by atoms with Gasteiger partial charge >= 0.3 is 0 Å². The fraction of sp³-hybridized carbons (Fsp3) is 0.261. The van der Waals surface area contributed by atoms with E-state index in [-0.39, 0.29) is 24.2 Å². The molecule has 1 aliphatic heterocycles. The molecule has 0 radical (unpaired) electrons. The summed E-state index contributed by atoms with van der Waals surface area (Å²) in [6, 6.07) is 20.8. The maximum Gasteiger partial charge on any atom is 0.230 e. The summed E-state index contributed by atoms with van der Waals surface area (Å²) in [7, 11) is 0. The summed E-state index contributed by atoms with van der Waals surface area (Å²) >= 11 is 0. The summed E-state index contributed by atoms with van der Waals surface area (Å²) in [4.78, 5) is 15.2. The van der Waals surface area contributed by atoms with Crippen LogP contribution < -0.4 is 10.6 Å². The molecule has 2 N–H and O–H groups in total. The van der Waals surface area contributed by atoms with E-state index < -0.39 is 0 Å². The third kappa shape index (κ3) is 2.96. The molecule has 138 valence electrons. The first kappa shape index (κ1) is 17.9. The van der Waals surface area contributed by atoms with E-state index in [1.165, 1.54) is 16.3 Å². The molecule has 5 rings (SSSR count). The molecule has 1 aliphatic carbocycles. The van der Waals surface area contributed by atoms with Crippen molar-refractivity contribution < 1.29 is 4.79 Å². The topological polar surface area (TPSA) is 46.3 Å². The molecule has 1 amide bonds. The molecular formula is C23H23ClN2O. The lowest BCUT2D eigenvalue weighted by Gasteiger charge is -2.30. The Labute approximate surface area is 165 Å². The van der Waals surface area contributed by atoms with Crippen LogP contribution in [0.5, 0.6) is 0 Å². The maximum absolute atomic E-state index is 13.2. The SMILES string of the molecule is Cl.Nc1cccc2c1CCCN2C(=O)C1CC1c1cccc2ccccc12. The quantitative estimate of drug-likeness (QED) is 0.643. The predicted molar refractivity (Wildman–Crippen MR) is 114 cm³/mol. The van der Waals surface area contributed by atoms with Crippen LogP contribution in [-0.2, 0) is 11.2 Å². The largest absolute Gasteiger partial charge is 0.398 e. The van der Waals surface area contributed by atoms with Gasteiger partial charge in [-0.3, -0.25) is 4.79 Å². The highest BCUT2D eigenvalue weighted by Gasteiger charge is 2.47. The van der Waals surface area contributed by atoms with E-state index in [1.807, 2.05) is 23.1 Å². The second kappa shape index (κ2) is 6.90. The first-order valence-electron chi connectivity index (χ1n) is 9.40. The molecule has 2 atom stereocenters. The zero-order valence-electron chi connectivity index (χ0n) is 15.1. The van der Waals surface area contributed by atoms with Gasteiger partial charge in [0.15, 0.2) is 0 Å². The molecule has 4 heteroatoms. The molecule has 3 aromatic rings. The fourth-order valence-corrected chi connectivity index (χ4v) is 4.47. The number of carbonyl (C=O) groups is 1. The molecule has 0 saturated heterocycles. The number of nitrogen functional groups attached to an aromatic ring is 1. The van der Waals surface area contributed by atoms with Crippen LogP contribution in [0.15, 0.2) is 60.7 Å². The Kier molecular flexibility index (Phi) is 4.56. The standard InChI is InChI=1S/C23H22N2O.ClH/c24-21-11-4-12-22-18(21)10-5-13-25(22)23(26)20-14-19(20)17-9-3-7-15-6-1-2-8-16(15)17;/h1-4,6-9,11-12,19-20H,5,10,13-14,24H2;1H. The van der Waals surface area contributed by atoms with E-state index in [0.717, 1.165) is 42.7 Å². The number of amides is 1. The van der Waals surface area contributed by atoms with Gasteiger partial charge in [-0.15, -0.1) is 12.4 Å². The smallest absolute Gasteiger partial charge is 0.230 e. The molecule has 1 fully saturated rings. The summed E-state index contributed by atoms with van der Waals surface area (Å²) in [6.45, 7) is 0.800. The number of fused-ring (bicyclic) bond motifs is 2. The van der Waals surface area contributed by atoms with Gasteiger partial charge in [0.05, 0.1) is 0 Å². The highest BCUT2D eigenvalue weighted by atomic mass is 35.5. The third-order valence-electron chi connectivity index (χ3n) is 5.88. The number of anilines is 2. The minimum absolute atomic E-state index is 0. The highest BCUT2D eigenvalue weighted by Crippen LogP contribution is 2.51. The summed E-state index contributed by atoms with van der Waals surface area (Å²) in [5.74, 6) is 0.683. The minimum atomic E-state index is 0. The van der Waals surface area contributed by atoms with E-state index in [1.54, 1.807) is 0 Å². The zero-order chi connectivity index (χ0) is 17.7.